The first-order valence-electron chi connectivity index (χ1n) is 7.80. The summed E-state index contributed by atoms with van der Waals surface area (Å²) in [7, 11) is 0. The molecule has 0 atom stereocenters. The Bertz CT molecular complexity index is 838. The maximum absolute atomic E-state index is 4.99. The number of benzene rings is 2. The van der Waals surface area contributed by atoms with Gasteiger partial charge in [-0.1, -0.05) is 48.5 Å². The van der Waals surface area contributed by atoms with Crippen LogP contribution in [0, 0.1) is 27.7 Å². The summed E-state index contributed by atoms with van der Waals surface area (Å²) in [5.41, 5.74) is 6.48. The second-order valence-electron chi connectivity index (χ2n) is 5.88. The van der Waals surface area contributed by atoms with Crippen molar-refractivity contribution in [1.82, 2.24) is 9.78 Å². The van der Waals surface area contributed by atoms with Crippen molar-refractivity contribution >= 4 is 11.5 Å². The monoisotopic (exact) mass is 303 g/mol. The Labute approximate surface area is 137 Å². The van der Waals surface area contributed by atoms with Crippen LogP contribution in [0.2, 0.25) is 0 Å². The van der Waals surface area contributed by atoms with Crippen molar-refractivity contribution in [3.05, 3.63) is 82.7 Å². The van der Waals surface area contributed by atoms with Crippen LogP contribution in [0.5, 0.6) is 0 Å². The largest absolute Gasteiger partial charge is 0.228 e. The predicted octanol–water partition coefficient (Wildman–Crippen LogP) is 4.74. The molecule has 3 aromatic rings. The minimum atomic E-state index is 0.855. The van der Waals surface area contributed by atoms with E-state index >= 15 is 0 Å². The van der Waals surface area contributed by atoms with Crippen molar-refractivity contribution < 1.29 is 0 Å². The van der Waals surface area contributed by atoms with E-state index in [9.17, 15) is 0 Å². The van der Waals surface area contributed by atoms with E-state index in [1.807, 2.05) is 29.8 Å². The van der Waals surface area contributed by atoms with Crippen molar-refractivity contribution in [2.24, 2.45) is 4.99 Å². The molecule has 23 heavy (non-hydrogen) atoms. The van der Waals surface area contributed by atoms with Gasteiger partial charge in [-0.15, -0.1) is 0 Å². The summed E-state index contributed by atoms with van der Waals surface area (Å²) in [6, 6.07) is 18.5. The molecular formula is C20H21N3. The molecule has 0 fully saturated rings. The highest BCUT2D eigenvalue weighted by molar-refractivity contribution is 6.02. The number of hydrogen-bond donors (Lipinski definition) is 0. The molecule has 0 bridgehead atoms. The minimum Gasteiger partial charge on any atom is -0.228 e. The lowest BCUT2D eigenvalue weighted by molar-refractivity contribution is 0.880. The van der Waals surface area contributed by atoms with E-state index < -0.39 is 0 Å². The standard InChI is InChI=1S/C20H21N3/c1-14-9-8-10-15(2)19(14)21-20(18-11-6-5-7-12-18)23-17(4)13-16(3)22-23/h5-13H,1-4H3. The van der Waals surface area contributed by atoms with Crippen molar-refractivity contribution in [2.45, 2.75) is 27.7 Å². The molecule has 0 unspecified atom stereocenters. The molecule has 3 nitrogen and oxygen atoms in total. The maximum atomic E-state index is 4.99. The fraction of sp³-hybridized carbons (Fsp3) is 0.200. The summed E-state index contributed by atoms with van der Waals surface area (Å²) in [5.74, 6) is 0.855. The Balaban J connectivity index is 2.25. The van der Waals surface area contributed by atoms with E-state index in [0.29, 0.717) is 0 Å². The van der Waals surface area contributed by atoms with Crippen LogP contribution in [0.25, 0.3) is 0 Å². The number of para-hydroxylation sites is 1. The van der Waals surface area contributed by atoms with Gasteiger partial charge in [-0.3, -0.25) is 0 Å². The normalized spacial score (nSPS) is 11.7. The summed E-state index contributed by atoms with van der Waals surface area (Å²) in [6.07, 6.45) is 0. The Morgan fingerprint density at radius 1 is 0.870 bits per heavy atom. The zero-order valence-electron chi connectivity index (χ0n) is 14.0. The molecule has 0 spiro atoms. The first-order chi connectivity index (χ1) is 11.1. The van der Waals surface area contributed by atoms with Gasteiger partial charge in [-0.2, -0.15) is 5.10 Å². The lowest BCUT2D eigenvalue weighted by Crippen LogP contribution is -2.16. The molecule has 0 aliphatic rings. The Morgan fingerprint density at radius 2 is 1.52 bits per heavy atom. The molecule has 1 heterocycles. The number of rotatable bonds is 2. The van der Waals surface area contributed by atoms with Gasteiger partial charge in [0.1, 0.15) is 0 Å². The number of aryl methyl sites for hydroxylation is 4. The summed E-state index contributed by atoms with van der Waals surface area (Å²) < 4.78 is 1.93. The predicted molar refractivity (Wildman–Crippen MR) is 95.7 cm³/mol. The number of hydrogen-bond acceptors (Lipinski definition) is 2. The molecule has 0 saturated carbocycles. The number of nitrogens with zero attached hydrogens (tertiary/aromatic N) is 3. The summed E-state index contributed by atoms with van der Waals surface area (Å²) >= 11 is 0. The van der Waals surface area contributed by atoms with Crippen LogP contribution in [0.4, 0.5) is 5.69 Å². The van der Waals surface area contributed by atoms with Gasteiger partial charge >= 0.3 is 0 Å². The molecule has 3 heteroatoms. The van der Waals surface area contributed by atoms with E-state index in [1.54, 1.807) is 0 Å². The van der Waals surface area contributed by atoms with Gasteiger partial charge in [0, 0.05) is 11.3 Å². The van der Waals surface area contributed by atoms with Gasteiger partial charge in [0.15, 0.2) is 5.84 Å². The van der Waals surface area contributed by atoms with Crippen molar-refractivity contribution in [3.63, 3.8) is 0 Å². The van der Waals surface area contributed by atoms with Gasteiger partial charge in [-0.05, 0) is 44.9 Å². The van der Waals surface area contributed by atoms with E-state index in [1.165, 1.54) is 11.1 Å². The maximum Gasteiger partial charge on any atom is 0.161 e. The van der Waals surface area contributed by atoms with Crippen LogP contribution in [0.1, 0.15) is 28.1 Å². The van der Waals surface area contributed by atoms with Crippen LogP contribution in [0.3, 0.4) is 0 Å². The third-order valence-corrected chi connectivity index (χ3v) is 3.90. The van der Waals surface area contributed by atoms with Crippen LogP contribution in [-0.2, 0) is 0 Å². The molecule has 0 aliphatic heterocycles. The van der Waals surface area contributed by atoms with Crippen LogP contribution < -0.4 is 0 Å². The summed E-state index contributed by atoms with van der Waals surface area (Å²) in [5, 5.41) is 4.63. The highest BCUT2D eigenvalue weighted by Crippen LogP contribution is 2.24. The Hall–Kier alpha value is -2.68. The SMILES string of the molecule is Cc1cc(C)n(C(=Nc2c(C)cccc2C)c2ccccc2)n1. The van der Waals surface area contributed by atoms with Gasteiger partial charge in [-0.25, -0.2) is 9.67 Å². The molecule has 1 aromatic heterocycles. The molecule has 3 rings (SSSR count). The van der Waals surface area contributed by atoms with E-state index in [0.717, 1.165) is 28.5 Å². The third-order valence-electron chi connectivity index (χ3n) is 3.90. The first-order valence-corrected chi connectivity index (χ1v) is 7.80. The van der Waals surface area contributed by atoms with Crippen LogP contribution in [0.15, 0.2) is 59.6 Å². The van der Waals surface area contributed by atoms with Crippen molar-refractivity contribution in [3.8, 4) is 0 Å². The second-order valence-corrected chi connectivity index (χ2v) is 5.88. The van der Waals surface area contributed by atoms with Gasteiger partial charge in [0.2, 0.25) is 0 Å². The zero-order chi connectivity index (χ0) is 16.4. The molecule has 0 radical (unpaired) electrons. The third kappa shape index (κ3) is 3.09. The molecule has 0 saturated heterocycles. The topological polar surface area (TPSA) is 30.2 Å². The fourth-order valence-corrected chi connectivity index (χ4v) is 2.75. The van der Waals surface area contributed by atoms with E-state index in [4.69, 9.17) is 4.99 Å². The van der Waals surface area contributed by atoms with E-state index in [2.05, 4.69) is 62.3 Å². The smallest absolute Gasteiger partial charge is 0.161 e. The van der Waals surface area contributed by atoms with Crippen molar-refractivity contribution in [2.75, 3.05) is 0 Å². The Kier molecular flexibility index (Phi) is 4.11. The highest BCUT2D eigenvalue weighted by atomic mass is 15.3. The number of aromatic nitrogens is 2. The zero-order valence-corrected chi connectivity index (χ0v) is 14.0. The first kappa shape index (κ1) is 15.2. The van der Waals surface area contributed by atoms with Gasteiger partial charge in [0.05, 0.1) is 11.4 Å². The Morgan fingerprint density at radius 3 is 2.09 bits per heavy atom. The van der Waals surface area contributed by atoms with E-state index in [-0.39, 0.29) is 0 Å². The van der Waals surface area contributed by atoms with Gasteiger partial charge in [0.25, 0.3) is 0 Å². The van der Waals surface area contributed by atoms with Gasteiger partial charge < -0.3 is 0 Å². The lowest BCUT2D eigenvalue weighted by Gasteiger charge is -2.12. The molecule has 0 amide bonds. The molecule has 0 N–H and O–H groups in total. The molecule has 116 valence electrons. The average Bonchev–Trinajstić information content (AvgIpc) is 2.86. The molecule has 0 aliphatic carbocycles. The van der Waals surface area contributed by atoms with Crippen LogP contribution in [-0.4, -0.2) is 15.6 Å². The summed E-state index contributed by atoms with van der Waals surface area (Å²) in [6.45, 7) is 8.25. The van der Waals surface area contributed by atoms with Crippen LogP contribution >= 0.6 is 0 Å². The second kappa shape index (κ2) is 6.21. The average molecular weight is 303 g/mol. The van der Waals surface area contributed by atoms with Crippen molar-refractivity contribution in [1.29, 1.82) is 0 Å². The molecular weight excluding hydrogens is 282 g/mol. The number of aliphatic imine (C=N–C) groups is 1. The summed E-state index contributed by atoms with van der Waals surface area (Å²) in [4.78, 5) is 4.99. The molecule has 2 aromatic carbocycles. The lowest BCUT2D eigenvalue weighted by atomic mass is 10.1. The highest BCUT2D eigenvalue weighted by Gasteiger charge is 2.12. The fourth-order valence-electron chi connectivity index (χ4n) is 2.75. The quantitative estimate of drug-likeness (QED) is 0.496. The minimum absolute atomic E-state index is 0.855.